The molecule has 3 aromatic rings. The van der Waals surface area contributed by atoms with Gasteiger partial charge in [0.05, 0.1) is 17.0 Å². The Morgan fingerprint density at radius 2 is 1.89 bits per heavy atom. The van der Waals surface area contributed by atoms with Gasteiger partial charge in [-0.1, -0.05) is 11.6 Å². The normalized spacial score (nSPS) is 15.7. The van der Waals surface area contributed by atoms with Gasteiger partial charge in [0, 0.05) is 37.1 Å². The van der Waals surface area contributed by atoms with Crippen LogP contribution in [-0.2, 0) is 16.2 Å². The summed E-state index contributed by atoms with van der Waals surface area (Å²) in [6.45, 7) is 2.19. The van der Waals surface area contributed by atoms with E-state index < -0.39 is 27.5 Å². The molecule has 0 spiro atoms. The van der Waals surface area contributed by atoms with Gasteiger partial charge < -0.3 is 9.88 Å². The van der Waals surface area contributed by atoms with Gasteiger partial charge in [-0.25, -0.2) is 27.7 Å². The molecule has 3 heterocycles. The van der Waals surface area contributed by atoms with Crippen molar-refractivity contribution >= 4 is 33.9 Å². The van der Waals surface area contributed by atoms with Crippen LogP contribution in [0.25, 0.3) is 17.1 Å². The Bertz CT molecular complexity index is 1400. The van der Waals surface area contributed by atoms with Gasteiger partial charge in [0.15, 0.2) is 0 Å². The molecule has 0 bridgehead atoms. The Balaban J connectivity index is 1.67. The number of carbonyl (C=O) groups is 1. The average molecular weight is 543 g/mol. The van der Waals surface area contributed by atoms with Crippen LogP contribution in [0, 0.1) is 6.92 Å². The SMILES string of the molecule is Cc1nc(-c2nc(NC3CCN(S(C)(=O)=O)CC3)ncc2C(F)(F)F)cn1-c1ccc(C=O)cc1Cl. The summed E-state index contributed by atoms with van der Waals surface area (Å²) in [7, 11) is -3.31. The number of nitrogens with one attached hydrogen (secondary N) is 1. The molecule has 0 radical (unpaired) electrons. The molecule has 1 aromatic carbocycles. The highest BCUT2D eigenvalue weighted by Crippen LogP contribution is 2.36. The van der Waals surface area contributed by atoms with E-state index in [9.17, 15) is 26.4 Å². The van der Waals surface area contributed by atoms with Crippen molar-refractivity contribution in [3.8, 4) is 17.1 Å². The topological polar surface area (TPSA) is 110 Å². The zero-order chi connectivity index (χ0) is 26.3. The lowest BCUT2D eigenvalue weighted by Crippen LogP contribution is -2.42. The molecule has 0 aliphatic carbocycles. The van der Waals surface area contributed by atoms with E-state index in [2.05, 4.69) is 20.3 Å². The number of imidazole rings is 1. The van der Waals surface area contributed by atoms with Gasteiger partial charge in [-0.3, -0.25) is 4.79 Å². The molecule has 0 amide bonds. The highest BCUT2D eigenvalue weighted by molar-refractivity contribution is 7.88. The Morgan fingerprint density at radius 1 is 1.19 bits per heavy atom. The minimum atomic E-state index is -4.73. The first-order valence-corrected chi connectivity index (χ1v) is 13.1. The third-order valence-corrected chi connectivity index (χ3v) is 7.45. The average Bonchev–Trinajstić information content (AvgIpc) is 3.19. The van der Waals surface area contributed by atoms with Crippen molar-refractivity contribution < 1.29 is 26.4 Å². The maximum absolute atomic E-state index is 13.8. The van der Waals surface area contributed by atoms with Crippen LogP contribution in [-0.4, -0.2) is 63.9 Å². The number of anilines is 1. The summed E-state index contributed by atoms with van der Waals surface area (Å²) in [5.41, 5.74) is -0.692. The number of nitrogens with zero attached hydrogens (tertiary/aromatic N) is 5. The number of rotatable bonds is 6. The van der Waals surface area contributed by atoms with E-state index in [0.29, 0.717) is 42.4 Å². The van der Waals surface area contributed by atoms with Crippen LogP contribution in [0.4, 0.5) is 19.1 Å². The van der Waals surface area contributed by atoms with Gasteiger partial charge >= 0.3 is 6.18 Å². The van der Waals surface area contributed by atoms with E-state index in [1.807, 2.05) is 0 Å². The summed E-state index contributed by atoms with van der Waals surface area (Å²) in [5, 5.41) is 3.25. The third kappa shape index (κ3) is 5.52. The number of piperidine rings is 1. The molecule has 0 atom stereocenters. The van der Waals surface area contributed by atoms with Gasteiger partial charge in [-0.05, 0) is 38.0 Å². The maximum atomic E-state index is 13.8. The first-order valence-electron chi connectivity index (χ1n) is 10.8. The first-order chi connectivity index (χ1) is 16.9. The number of aromatic nitrogens is 4. The highest BCUT2D eigenvalue weighted by Gasteiger charge is 2.36. The molecule has 4 rings (SSSR count). The van der Waals surface area contributed by atoms with E-state index in [4.69, 9.17) is 11.6 Å². The number of aryl methyl sites for hydroxylation is 1. The summed E-state index contributed by atoms with van der Waals surface area (Å²) in [6.07, 6.45) is 0.0513. The minimum Gasteiger partial charge on any atom is -0.351 e. The molecule has 192 valence electrons. The molecule has 14 heteroatoms. The molecule has 1 N–H and O–H groups in total. The molecular weight excluding hydrogens is 521 g/mol. The smallest absolute Gasteiger partial charge is 0.351 e. The molecule has 9 nitrogen and oxygen atoms in total. The molecule has 1 fully saturated rings. The van der Waals surface area contributed by atoms with Crippen molar-refractivity contribution in [1.29, 1.82) is 0 Å². The van der Waals surface area contributed by atoms with Crippen molar-refractivity contribution in [3.63, 3.8) is 0 Å². The van der Waals surface area contributed by atoms with Gasteiger partial charge in [-0.2, -0.15) is 13.2 Å². The number of sulfonamides is 1. The van der Waals surface area contributed by atoms with Crippen LogP contribution in [0.2, 0.25) is 5.02 Å². The Morgan fingerprint density at radius 3 is 2.47 bits per heavy atom. The standard InChI is InChI=1S/C22H22ClF3N6O3S/c1-13-28-18(11-32(13)19-4-3-14(12-33)9-17(19)23)20-16(22(24,25)26)10-27-21(30-20)29-15-5-7-31(8-6-15)36(2,34)35/h3-4,9-12,15H,5-8H2,1-2H3,(H,27,29,30). The largest absolute Gasteiger partial charge is 0.420 e. The monoisotopic (exact) mass is 542 g/mol. The molecular formula is C22H22ClF3N6O3S. The summed E-state index contributed by atoms with van der Waals surface area (Å²) in [5.74, 6) is 0.344. The minimum absolute atomic E-state index is 0.0172. The number of aldehydes is 1. The Labute approximate surface area is 210 Å². The fourth-order valence-corrected chi connectivity index (χ4v) is 5.15. The molecule has 1 aliphatic rings. The zero-order valence-corrected chi connectivity index (χ0v) is 20.8. The number of halogens is 4. The van der Waals surface area contributed by atoms with Crippen molar-refractivity contribution in [3.05, 3.63) is 52.6 Å². The van der Waals surface area contributed by atoms with E-state index in [0.717, 1.165) is 6.26 Å². The van der Waals surface area contributed by atoms with Crippen LogP contribution in [0.15, 0.2) is 30.6 Å². The second kappa shape index (κ2) is 9.79. The molecule has 0 saturated carbocycles. The van der Waals surface area contributed by atoms with Gasteiger partial charge in [0.2, 0.25) is 16.0 Å². The van der Waals surface area contributed by atoms with Crippen molar-refractivity contribution in [2.24, 2.45) is 0 Å². The van der Waals surface area contributed by atoms with Gasteiger partial charge in [-0.15, -0.1) is 0 Å². The van der Waals surface area contributed by atoms with Crippen LogP contribution in [0.3, 0.4) is 0 Å². The van der Waals surface area contributed by atoms with Crippen molar-refractivity contribution in [2.45, 2.75) is 32.0 Å². The predicted octanol–water partition coefficient (Wildman–Crippen LogP) is 3.96. The lowest BCUT2D eigenvalue weighted by molar-refractivity contribution is -0.137. The van der Waals surface area contributed by atoms with Gasteiger partial charge in [0.1, 0.15) is 29.1 Å². The second-order valence-corrected chi connectivity index (χ2v) is 10.8. The summed E-state index contributed by atoms with van der Waals surface area (Å²) >= 11 is 6.28. The highest BCUT2D eigenvalue weighted by atomic mass is 35.5. The number of carbonyl (C=O) groups excluding carboxylic acids is 1. The van der Waals surface area contributed by atoms with E-state index in [1.165, 1.54) is 27.2 Å². The Kier molecular flexibility index (Phi) is 7.08. The van der Waals surface area contributed by atoms with Crippen LogP contribution in [0.1, 0.15) is 34.6 Å². The lowest BCUT2D eigenvalue weighted by Gasteiger charge is -2.30. The predicted molar refractivity (Wildman–Crippen MR) is 128 cm³/mol. The van der Waals surface area contributed by atoms with E-state index >= 15 is 0 Å². The summed E-state index contributed by atoms with van der Waals surface area (Å²) in [6, 6.07) is 4.36. The molecule has 1 saturated heterocycles. The van der Waals surface area contributed by atoms with Gasteiger partial charge in [0.25, 0.3) is 0 Å². The van der Waals surface area contributed by atoms with Crippen LogP contribution in [0.5, 0.6) is 0 Å². The fourth-order valence-electron chi connectivity index (χ4n) is 3.99. The number of hydrogen-bond donors (Lipinski definition) is 1. The summed E-state index contributed by atoms with van der Waals surface area (Å²) in [4.78, 5) is 23.3. The molecule has 36 heavy (non-hydrogen) atoms. The summed E-state index contributed by atoms with van der Waals surface area (Å²) < 4.78 is 67.7. The van der Waals surface area contributed by atoms with Crippen LogP contribution >= 0.6 is 11.6 Å². The molecule has 0 unspecified atom stereocenters. The lowest BCUT2D eigenvalue weighted by atomic mass is 10.1. The Hall–Kier alpha value is -3.03. The number of alkyl halides is 3. The van der Waals surface area contributed by atoms with E-state index in [-0.39, 0.29) is 35.8 Å². The van der Waals surface area contributed by atoms with E-state index in [1.54, 1.807) is 13.0 Å². The maximum Gasteiger partial charge on any atom is 0.420 e. The first kappa shape index (κ1) is 26.0. The third-order valence-electron chi connectivity index (χ3n) is 5.84. The van der Waals surface area contributed by atoms with Crippen molar-refractivity contribution in [1.82, 2.24) is 23.8 Å². The quantitative estimate of drug-likeness (QED) is 0.469. The number of benzene rings is 1. The molecule has 2 aromatic heterocycles. The fraction of sp³-hybridized carbons (Fsp3) is 0.364. The van der Waals surface area contributed by atoms with Crippen LogP contribution < -0.4 is 5.32 Å². The second-order valence-electron chi connectivity index (χ2n) is 8.41. The van der Waals surface area contributed by atoms with Crippen molar-refractivity contribution in [2.75, 3.05) is 24.7 Å². The zero-order valence-electron chi connectivity index (χ0n) is 19.3. The number of hydrogen-bond acceptors (Lipinski definition) is 7. The molecule has 1 aliphatic heterocycles.